The fourth-order valence-electron chi connectivity index (χ4n) is 4.31. The first kappa shape index (κ1) is 27.8. The number of hydrogen-bond donors (Lipinski definition) is 1. The van der Waals surface area contributed by atoms with Crippen LogP contribution in [-0.2, 0) is 22.1 Å². The molecule has 1 aliphatic rings. The second-order valence-electron chi connectivity index (χ2n) is 9.08. The van der Waals surface area contributed by atoms with Gasteiger partial charge in [0.1, 0.15) is 5.82 Å². The highest BCUT2D eigenvalue weighted by Gasteiger charge is 2.41. The molecule has 12 heteroatoms. The predicted octanol–water partition coefficient (Wildman–Crippen LogP) is 4.94. The highest BCUT2D eigenvalue weighted by molar-refractivity contribution is 6.03. The van der Waals surface area contributed by atoms with Crippen molar-refractivity contribution in [3.8, 4) is 0 Å². The number of ketones is 1. The van der Waals surface area contributed by atoms with E-state index in [4.69, 9.17) is 9.15 Å². The van der Waals surface area contributed by atoms with Gasteiger partial charge >= 0.3 is 18.2 Å². The summed E-state index contributed by atoms with van der Waals surface area (Å²) in [6.45, 7) is 3.52. The number of nitrogens with zero attached hydrogens (tertiary/aromatic N) is 3. The zero-order chi connectivity index (χ0) is 28.0. The van der Waals surface area contributed by atoms with Crippen molar-refractivity contribution in [3.63, 3.8) is 0 Å². The number of alkyl halides is 3. The molecule has 206 valence electrons. The third-order valence-electron chi connectivity index (χ3n) is 6.28. The van der Waals surface area contributed by atoms with Crippen LogP contribution >= 0.6 is 0 Å². The van der Waals surface area contributed by atoms with Gasteiger partial charge in [-0.25, -0.2) is 4.98 Å². The number of hydrogen-bond acceptors (Lipinski definition) is 8. The van der Waals surface area contributed by atoms with E-state index in [9.17, 15) is 27.6 Å². The summed E-state index contributed by atoms with van der Waals surface area (Å²) in [6, 6.07) is 10.4. The van der Waals surface area contributed by atoms with Gasteiger partial charge in [-0.05, 0) is 49.4 Å². The molecule has 0 bridgehead atoms. The highest BCUT2D eigenvalue weighted by atomic mass is 19.4. The van der Waals surface area contributed by atoms with Crippen LogP contribution in [0, 0.1) is 5.92 Å². The number of nitrogens with one attached hydrogen (secondary N) is 1. The number of esters is 1. The van der Waals surface area contributed by atoms with Crippen LogP contribution in [0.3, 0.4) is 0 Å². The lowest BCUT2D eigenvalue weighted by Gasteiger charge is -2.32. The molecular weight excluding hydrogens is 517 g/mol. The molecule has 0 aliphatic carbocycles. The highest BCUT2D eigenvalue weighted by Crippen LogP contribution is 2.34. The van der Waals surface area contributed by atoms with Crippen LogP contribution in [-0.4, -0.2) is 47.3 Å². The number of carbonyl (C=O) groups excluding carboxylic acids is 3. The molecule has 1 N–H and O–H groups in total. The molecule has 1 aliphatic heterocycles. The smallest absolute Gasteiger partial charge is 0.437 e. The monoisotopic (exact) mass is 544 g/mol. The number of benzene rings is 1. The van der Waals surface area contributed by atoms with Gasteiger partial charge in [0.2, 0.25) is 11.5 Å². The Morgan fingerprint density at radius 2 is 1.82 bits per heavy atom. The third kappa shape index (κ3) is 7.21. The topological polar surface area (TPSA) is 115 Å². The van der Waals surface area contributed by atoms with Gasteiger partial charge in [-0.1, -0.05) is 24.3 Å². The largest absolute Gasteiger partial charge is 0.466 e. The standard InChI is InChI=1S/C27H27F3N4O5/c1-2-38-22(36)15-17-10-12-34(13-11-17)21-9-8-18(16-31-21)14-20(35)23-24(27(28,29)30)32-26(39-23)33-25(37)19-6-4-3-5-7-19/h3-9,16-17H,2,10-15H2,1H3,(H,32,33,37). The van der Waals surface area contributed by atoms with E-state index in [2.05, 4.69) is 15.3 Å². The summed E-state index contributed by atoms with van der Waals surface area (Å²) in [7, 11) is 0. The first-order valence-electron chi connectivity index (χ1n) is 12.5. The van der Waals surface area contributed by atoms with E-state index >= 15 is 0 Å². The second-order valence-corrected chi connectivity index (χ2v) is 9.08. The van der Waals surface area contributed by atoms with Gasteiger partial charge < -0.3 is 14.1 Å². The summed E-state index contributed by atoms with van der Waals surface area (Å²) in [5.74, 6) is -1.96. The van der Waals surface area contributed by atoms with Gasteiger partial charge in [-0.15, -0.1) is 0 Å². The van der Waals surface area contributed by atoms with Crippen molar-refractivity contribution >= 4 is 29.5 Å². The number of carbonyl (C=O) groups is 3. The minimum absolute atomic E-state index is 0.187. The van der Waals surface area contributed by atoms with Crippen LogP contribution in [0.15, 0.2) is 53.1 Å². The molecule has 1 amide bonds. The molecule has 4 rings (SSSR count). The van der Waals surface area contributed by atoms with E-state index < -0.39 is 41.8 Å². The van der Waals surface area contributed by atoms with Crippen molar-refractivity contribution < 1.29 is 36.7 Å². The maximum atomic E-state index is 13.6. The lowest BCUT2D eigenvalue weighted by molar-refractivity contribution is -0.144. The molecule has 1 fully saturated rings. The van der Waals surface area contributed by atoms with Crippen LogP contribution in [0.1, 0.15) is 58.4 Å². The minimum Gasteiger partial charge on any atom is -0.466 e. The summed E-state index contributed by atoms with van der Waals surface area (Å²) >= 11 is 0. The fourth-order valence-corrected chi connectivity index (χ4v) is 4.31. The van der Waals surface area contributed by atoms with E-state index in [-0.39, 0.29) is 17.5 Å². The van der Waals surface area contributed by atoms with E-state index in [1.165, 1.54) is 18.3 Å². The van der Waals surface area contributed by atoms with E-state index in [0.29, 0.717) is 37.5 Å². The number of anilines is 2. The number of pyridine rings is 1. The second kappa shape index (κ2) is 12.1. The molecule has 0 radical (unpaired) electrons. The quantitative estimate of drug-likeness (QED) is 0.298. The van der Waals surface area contributed by atoms with Crippen LogP contribution < -0.4 is 10.2 Å². The van der Waals surface area contributed by atoms with Crippen molar-refractivity contribution in [3.05, 3.63) is 71.2 Å². The van der Waals surface area contributed by atoms with Crippen molar-refractivity contribution in [2.24, 2.45) is 5.92 Å². The Hall–Kier alpha value is -4.22. The number of aromatic nitrogens is 2. The van der Waals surface area contributed by atoms with Gasteiger partial charge in [0.25, 0.3) is 5.91 Å². The number of rotatable bonds is 9. The molecule has 3 aromatic rings. The lowest BCUT2D eigenvalue weighted by Crippen LogP contribution is -2.35. The number of halogens is 3. The summed E-state index contributed by atoms with van der Waals surface area (Å²) in [6.07, 6.45) is -1.95. The SMILES string of the molecule is CCOC(=O)CC1CCN(c2ccc(CC(=O)c3oc(NC(=O)c4ccccc4)nc3C(F)(F)F)cn2)CC1. The van der Waals surface area contributed by atoms with Gasteiger partial charge in [-0.3, -0.25) is 19.7 Å². The van der Waals surface area contributed by atoms with E-state index in [1.54, 1.807) is 37.3 Å². The first-order chi connectivity index (χ1) is 18.6. The number of amides is 1. The van der Waals surface area contributed by atoms with Crippen molar-refractivity contribution in [1.29, 1.82) is 0 Å². The Labute approximate surface area is 222 Å². The maximum Gasteiger partial charge on any atom is 0.437 e. The van der Waals surface area contributed by atoms with E-state index in [1.807, 2.05) is 4.90 Å². The Balaban J connectivity index is 1.39. The summed E-state index contributed by atoms with van der Waals surface area (Å²) in [5, 5.41) is 2.16. The summed E-state index contributed by atoms with van der Waals surface area (Å²) in [4.78, 5) is 46.5. The number of ether oxygens (including phenoxy) is 1. The van der Waals surface area contributed by atoms with Crippen LogP contribution in [0.5, 0.6) is 0 Å². The average Bonchev–Trinajstić information content (AvgIpc) is 3.35. The average molecular weight is 545 g/mol. The number of piperidine rings is 1. The normalized spacial score (nSPS) is 14.2. The zero-order valence-corrected chi connectivity index (χ0v) is 21.2. The van der Waals surface area contributed by atoms with Gasteiger partial charge in [0.15, 0.2) is 5.69 Å². The molecule has 1 aromatic carbocycles. The number of oxazole rings is 1. The predicted molar refractivity (Wildman–Crippen MR) is 134 cm³/mol. The van der Waals surface area contributed by atoms with Gasteiger partial charge in [0.05, 0.1) is 6.61 Å². The van der Waals surface area contributed by atoms with Crippen LogP contribution in [0.4, 0.5) is 25.0 Å². The molecule has 2 aromatic heterocycles. The minimum atomic E-state index is -4.97. The Morgan fingerprint density at radius 3 is 2.44 bits per heavy atom. The Kier molecular flexibility index (Phi) is 8.62. The molecule has 1 saturated heterocycles. The van der Waals surface area contributed by atoms with Crippen LogP contribution in [0.25, 0.3) is 0 Å². The van der Waals surface area contributed by atoms with Crippen LogP contribution in [0.2, 0.25) is 0 Å². The molecule has 9 nitrogen and oxygen atoms in total. The van der Waals surface area contributed by atoms with Gasteiger partial charge in [-0.2, -0.15) is 18.2 Å². The molecule has 39 heavy (non-hydrogen) atoms. The van der Waals surface area contributed by atoms with Gasteiger partial charge in [0, 0.05) is 37.7 Å². The first-order valence-corrected chi connectivity index (χ1v) is 12.5. The zero-order valence-electron chi connectivity index (χ0n) is 21.2. The number of Topliss-reactive ketones (excluding diaryl/α,β-unsaturated/α-hetero) is 1. The van der Waals surface area contributed by atoms with Crippen molar-refractivity contribution in [1.82, 2.24) is 9.97 Å². The molecular formula is C27H27F3N4O5. The summed E-state index contributed by atoms with van der Waals surface area (Å²) < 4.78 is 50.8. The molecule has 0 unspecified atom stereocenters. The fraction of sp³-hybridized carbons (Fsp3) is 0.370. The molecule has 3 heterocycles. The Morgan fingerprint density at radius 1 is 1.10 bits per heavy atom. The maximum absolute atomic E-state index is 13.6. The summed E-state index contributed by atoms with van der Waals surface area (Å²) in [5.41, 5.74) is -0.932. The van der Waals surface area contributed by atoms with E-state index in [0.717, 1.165) is 12.8 Å². The van der Waals surface area contributed by atoms with Crippen molar-refractivity contribution in [2.45, 2.75) is 38.8 Å². The van der Waals surface area contributed by atoms with Crippen molar-refractivity contribution in [2.75, 3.05) is 29.9 Å². The lowest BCUT2D eigenvalue weighted by atomic mass is 9.93. The molecule has 0 saturated carbocycles. The molecule has 0 spiro atoms. The third-order valence-corrected chi connectivity index (χ3v) is 6.28. The molecule has 0 atom stereocenters. The Bertz CT molecular complexity index is 1300.